The number of carbonyl (C=O) groups is 2. The molecular weight excluding hydrogens is 290 g/mol. The largest absolute Gasteiger partial charge is 0.481 e. The summed E-state index contributed by atoms with van der Waals surface area (Å²) in [4.78, 5) is 23.6. The van der Waals surface area contributed by atoms with Crippen LogP contribution in [-0.2, 0) is 9.59 Å². The summed E-state index contributed by atoms with van der Waals surface area (Å²) in [6.07, 6.45) is 4.54. The van der Waals surface area contributed by atoms with Gasteiger partial charge in [0, 0.05) is 5.02 Å². The minimum atomic E-state index is -0.926. The predicted octanol–water partition coefficient (Wildman–Crippen LogP) is 3.18. The quantitative estimate of drug-likeness (QED) is 0.840. The second kappa shape index (κ2) is 6.76. The van der Waals surface area contributed by atoms with Gasteiger partial charge in [-0.05, 0) is 31.4 Å². The van der Waals surface area contributed by atoms with Crippen LogP contribution in [0.1, 0.15) is 31.4 Å². The minimum Gasteiger partial charge on any atom is -0.481 e. The first kappa shape index (κ1) is 15.6. The SMILES string of the molecule is C[C@H](NC(=O)[C@@H]1CC=CC[C@@H]1C(=O)O)c1ccccc1Cl. The van der Waals surface area contributed by atoms with E-state index in [2.05, 4.69) is 5.32 Å². The van der Waals surface area contributed by atoms with E-state index in [9.17, 15) is 14.7 Å². The van der Waals surface area contributed by atoms with Gasteiger partial charge in [0.1, 0.15) is 0 Å². The van der Waals surface area contributed by atoms with Crippen molar-refractivity contribution in [3.05, 3.63) is 47.0 Å². The third-order valence-corrected chi connectivity index (χ3v) is 4.16. The number of carbonyl (C=O) groups excluding carboxylic acids is 1. The molecule has 1 amide bonds. The molecule has 1 aromatic rings. The van der Waals surface area contributed by atoms with Crippen LogP contribution in [0.4, 0.5) is 0 Å². The van der Waals surface area contributed by atoms with Crippen LogP contribution in [0.3, 0.4) is 0 Å². The second-order valence-corrected chi connectivity index (χ2v) is 5.65. The summed E-state index contributed by atoms with van der Waals surface area (Å²) in [5, 5.41) is 12.7. The maximum Gasteiger partial charge on any atom is 0.307 e. The Balaban J connectivity index is 2.08. The molecule has 112 valence electrons. The van der Waals surface area contributed by atoms with Crippen LogP contribution >= 0.6 is 11.6 Å². The van der Waals surface area contributed by atoms with Crippen LogP contribution in [-0.4, -0.2) is 17.0 Å². The Labute approximate surface area is 128 Å². The van der Waals surface area contributed by atoms with E-state index in [0.717, 1.165) is 5.56 Å². The van der Waals surface area contributed by atoms with E-state index < -0.39 is 17.8 Å². The van der Waals surface area contributed by atoms with Crippen molar-refractivity contribution in [3.8, 4) is 0 Å². The molecule has 2 rings (SSSR count). The molecule has 0 fully saturated rings. The third-order valence-electron chi connectivity index (χ3n) is 3.82. The number of hydrogen-bond donors (Lipinski definition) is 2. The molecule has 0 unspecified atom stereocenters. The van der Waals surface area contributed by atoms with E-state index in [1.807, 2.05) is 37.3 Å². The lowest BCUT2D eigenvalue weighted by Crippen LogP contribution is -2.39. The van der Waals surface area contributed by atoms with Crippen molar-refractivity contribution < 1.29 is 14.7 Å². The Bertz CT molecular complexity index is 570. The maximum absolute atomic E-state index is 12.4. The molecule has 0 saturated heterocycles. The first-order chi connectivity index (χ1) is 10.0. The molecule has 0 bridgehead atoms. The summed E-state index contributed by atoms with van der Waals surface area (Å²) in [5.74, 6) is -2.35. The van der Waals surface area contributed by atoms with Crippen LogP contribution in [0.25, 0.3) is 0 Å². The fourth-order valence-corrected chi connectivity index (χ4v) is 2.90. The molecule has 2 N–H and O–H groups in total. The first-order valence-corrected chi connectivity index (χ1v) is 7.31. The van der Waals surface area contributed by atoms with Gasteiger partial charge in [0.2, 0.25) is 5.91 Å². The molecule has 0 radical (unpaired) electrons. The topological polar surface area (TPSA) is 66.4 Å². The highest BCUT2D eigenvalue weighted by molar-refractivity contribution is 6.31. The molecular formula is C16H18ClNO3. The second-order valence-electron chi connectivity index (χ2n) is 5.25. The molecule has 0 saturated carbocycles. The molecule has 0 heterocycles. The van der Waals surface area contributed by atoms with Crippen molar-refractivity contribution in [2.45, 2.75) is 25.8 Å². The van der Waals surface area contributed by atoms with E-state index in [1.165, 1.54) is 0 Å². The summed E-state index contributed by atoms with van der Waals surface area (Å²) >= 11 is 6.11. The Morgan fingerprint density at radius 2 is 1.86 bits per heavy atom. The van der Waals surface area contributed by atoms with E-state index in [0.29, 0.717) is 17.9 Å². The van der Waals surface area contributed by atoms with Gasteiger partial charge >= 0.3 is 5.97 Å². The smallest absolute Gasteiger partial charge is 0.307 e. The number of benzene rings is 1. The number of halogens is 1. The number of allylic oxidation sites excluding steroid dienone is 2. The summed E-state index contributed by atoms with van der Waals surface area (Å²) < 4.78 is 0. The number of amides is 1. The number of carboxylic acid groups (broad SMARTS) is 1. The summed E-state index contributed by atoms with van der Waals surface area (Å²) in [5.41, 5.74) is 0.825. The van der Waals surface area contributed by atoms with Crippen molar-refractivity contribution in [2.75, 3.05) is 0 Å². The molecule has 5 heteroatoms. The Morgan fingerprint density at radius 3 is 2.48 bits per heavy atom. The van der Waals surface area contributed by atoms with Gasteiger partial charge in [-0.1, -0.05) is 42.0 Å². The Morgan fingerprint density at radius 1 is 1.24 bits per heavy atom. The monoisotopic (exact) mass is 307 g/mol. The van der Waals surface area contributed by atoms with Gasteiger partial charge in [-0.3, -0.25) is 9.59 Å². The van der Waals surface area contributed by atoms with Gasteiger partial charge in [0.25, 0.3) is 0 Å². The molecule has 0 aromatic heterocycles. The highest BCUT2D eigenvalue weighted by Gasteiger charge is 2.34. The lowest BCUT2D eigenvalue weighted by atomic mass is 9.82. The van der Waals surface area contributed by atoms with Crippen LogP contribution in [0, 0.1) is 11.8 Å². The average molecular weight is 308 g/mol. The Hall–Kier alpha value is -1.81. The normalized spacial score (nSPS) is 22.6. The van der Waals surface area contributed by atoms with Gasteiger partial charge in [-0.15, -0.1) is 0 Å². The van der Waals surface area contributed by atoms with Gasteiger partial charge in [-0.25, -0.2) is 0 Å². The van der Waals surface area contributed by atoms with Crippen LogP contribution in [0.5, 0.6) is 0 Å². The number of carboxylic acids is 1. The molecule has 1 aromatic carbocycles. The minimum absolute atomic E-state index is 0.237. The van der Waals surface area contributed by atoms with Gasteiger partial charge in [0.05, 0.1) is 17.9 Å². The van der Waals surface area contributed by atoms with Crippen molar-refractivity contribution in [3.63, 3.8) is 0 Å². The van der Waals surface area contributed by atoms with E-state index in [-0.39, 0.29) is 11.9 Å². The molecule has 1 aliphatic rings. The van der Waals surface area contributed by atoms with Crippen LogP contribution in [0.2, 0.25) is 5.02 Å². The molecule has 0 spiro atoms. The van der Waals surface area contributed by atoms with Gasteiger partial charge in [-0.2, -0.15) is 0 Å². The van der Waals surface area contributed by atoms with E-state index >= 15 is 0 Å². The van der Waals surface area contributed by atoms with Crippen LogP contribution < -0.4 is 5.32 Å². The lowest BCUT2D eigenvalue weighted by molar-refractivity contribution is -0.147. The van der Waals surface area contributed by atoms with Crippen molar-refractivity contribution in [2.24, 2.45) is 11.8 Å². The first-order valence-electron chi connectivity index (χ1n) is 6.93. The highest BCUT2D eigenvalue weighted by Crippen LogP contribution is 2.28. The predicted molar refractivity (Wildman–Crippen MR) is 81.0 cm³/mol. The maximum atomic E-state index is 12.4. The van der Waals surface area contributed by atoms with Crippen molar-refractivity contribution in [1.29, 1.82) is 0 Å². The number of rotatable bonds is 4. The Kier molecular flexibility index (Phi) is 5.02. The highest BCUT2D eigenvalue weighted by atomic mass is 35.5. The molecule has 21 heavy (non-hydrogen) atoms. The molecule has 4 nitrogen and oxygen atoms in total. The standard InChI is InChI=1S/C16H18ClNO3/c1-10(11-6-4-5-9-14(11)17)18-15(19)12-7-2-3-8-13(12)16(20)21/h2-6,9-10,12-13H,7-8H2,1H3,(H,18,19)(H,20,21)/t10-,12+,13-/m0/s1. The lowest BCUT2D eigenvalue weighted by Gasteiger charge is -2.26. The van der Waals surface area contributed by atoms with Gasteiger partial charge < -0.3 is 10.4 Å². The molecule has 3 atom stereocenters. The summed E-state index contributed by atoms with van der Waals surface area (Å²) in [6.45, 7) is 1.84. The zero-order valence-electron chi connectivity index (χ0n) is 11.8. The number of aliphatic carboxylic acids is 1. The number of hydrogen-bond acceptors (Lipinski definition) is 2. The number of nitrogens with one attached hydrogen (secondary N) is 1. The summed E-state index contributed by atoms with van der Waals surface area (Å²) in [7, 11) is 0. The fraction of sp³-hybridized carbons (Fsp3) is 0.375. The zero-order valence-corrected chi connectivity index (χ0v) is 12.5. The van der Waals surface area contributed by atoms with E-state index in [4.69, 9.17) is 11.6 Å². The van der Waals surface area contributed by atoms with Crippen LogP contribution in [0.15, 0.2) is 36.4 Å². The zero-order chi connectivity index (χ0) is 15.4. The molecule has 1 aliphatic carbocycles. The summed E-state index contributed by atoms with van der Waals surface area (Å²) in [6, 6.07) is 7.04. The van der Waals surface area contributed by atoms with E-state index in [1.54, 1.807) is 6.07 Å². The average Bonchev–Trinajstić information content (AvgIpc) is 2.47. The third kappa shape index (κ3) is 3.64. The van der Waals surface area contributed by atoms with Crippen molar-refractivity contribution in [1.82, 2.24) is 5.32 Å². The molecule has 0 aliphatic heterocycles. The van der Waals surface area contributed by atoms with Gasteiger partial charge in [0.15, 0.2) is 0 Å². The van der Waals surface area contributed by atoms with Crippen molar-refractivity contribution >= 4 is 23.5 Å². The fourth-order valence-electron chi connectivity index (χ4n) is 2.60.